The Morgan fingerprint density at radius 2 is 1.78 bits per heavy atom. The summed E-state index contributed by atoms with van der Waals surface area (Å²) < 4.78 is 4.72. The predicted octanol–water partition coefficient (Wildman–Crippen LogP) is 3.05. The van der Waals surface area contributed by atoms with Crippen molar-refractivity contribution in [1.82, 2.24) is 18.7 Å². The highest BCUT2D eigenvalue weighted by Gasteiger charge is 2.26. The lowest BCUT2D eigenvalue weighted by atomic mass is 10.1. The number of halogens is 1. The highest BCUT2D eigenvalue weighted by molar-refractivity contribution is 6.30. The van der Waals surface area contributed by atoms with Gasteiger partial charge in [-0.05, 0) is 36.1 Å². The fraction of sp³-hybridized carbons (Fsp3) is 0.292. The Morgan fingerprint density at radius 3 is 2.56 bits per heavy atom. The second-order valence-corrected chi connectivity index (χ2v) is 8.61. The molecular formula is C24H24ClN5O2. The van der Waals surface area contributed by atoms with Gasteiger partial charge in [0.05, 0.1) is 6.54 Å². The van der Waals surface area contributed by atoms with Gasteiger partial charge < -0.3 is 9.47 Å². The van der Waals surface area contributed by atoms with E-state index in [1.165, 1.54) is 14.7 Å². The maximum atomic E-state index is 13.4. The summed E-state index contributed by atoms with van der Waals surface area (Å²) in [7, 11) is 1.67. The molecule has 0 spiro atoms. The van der Waals surface area contributed by atoms with Crippen LogP contribution in [0, 0.1) is 0 Å². The first kappa shape index (κ1) is 20.6. The van der Waals surface area contributed by atoms with Crippen molar-refractivity contribution in [3.63, 3.8) is 0 Å². The summed E-state index contributed by atoms with van der Waals surface area (Å²) in [5.74, 6) is 0.759. The van der Waals surface area contributed by atoms with E-state index in [9.17, 15) is 9.59 Å². The van der Waals surface area contributed by atoms with Crippen LogP contribution in [0.4, 0.5) is 5.95 Å². The van der Waals surface area contributed by atoms with Gasteiger partial charge in [0, 0.05) is 31.7 Å². The van der Waals surface area contributed by atoms with Crippen LogP contribution in [0.5, 0.6) is 0 Å². The topological polar surface area (TPSA) is 65.1 Å². The van der Waals surface area contributed by atoms with Gasteiger partial charge in [0.25, 0.3) is 5.56 Å². The normalized spacial score (nSPS) is 13.5. The molecule has 4 aromatic rings. The molecule has 0 saturated carbocycles. The Hall–Kier alpha value is -3.32. The van der Waals surface area contributed by atoms with Crippen molar-refractivity contribution in [2.24, 2.45) is 7.05 Å². The van der Waals surface area contributed by atoms with Crippen LogP contribution in [-0.2, 0) is 26.6 Å². The van der Waals surface area contributed by atoms with E-state index in [2.05, 4.69) is 17.0 Å². The zero-order valence-electron chi connectivity index (χ0n) is 17.9. The molecule has 2 aromatic carbocycles. The van der Waals surface area contributed by atoms with E-state index in [1.807, 2.05) is 34.9 Å². The Labute approximate surface area is 190 Å². The van der Waals surface area contributed by atoms with Gasteiger partial charge in [-0.15, -0.1) is 0 Å². The number of rotatable bonds is 5. The Balaban J connectivity index is 1.56. The maximum Gasteiger partial charge on any atom is 0.332 e. The van der Waals surface area contributed by atoms with Crippen molar-refractivity contribution >= 4 is 28.7 Å². The number of fused-ring (bicyclic) bond motifs is 3. The van der Waals surface area contributed by atoms with Crippen molar-refractivity contribution in [2.45, 2.75) is 25.9 Å². The summed E-state index contributed by atoms with van der Waals surface area (Å²) in [5.41, 5.74) is 2.29. The third-order valence-electron chi connectivity index (χ3n) is 6.05. The second kappa shape index (κ2) is 8.31. The third-order valence-corrected chi connectivity index (χ3v) is 6.28. The van der Waals surface area contributed by atoms with Gasteiger partial charge in [-0.1, -0.05) is 54.1 Å². The highest BCUT2D eigenvalue weighted by atomic mass is 35.5. The number of aromatic nitrogens is 4. The molecule has 0 unspecified atom stereocenters. The van der Waals surface area contributed by atoms with E-state index in [1.54, 1.807) is 19.2 Å². The average molecular weight is 450 g/mol. The number of hydrogen-bond acceptors (Lipinski definition) is 4. The standard InChI is InChI=1S/C24H24ClN5O2/c1-27-21-20(22(31)30(24(27)32)16-18-9-5-10-19(25)15-18)29-13-6-12-28(23(29)26-21)14-11-17-7-3-2-4-8-17/h2-5,7-10,15H,6,11-14,16H2,1H3. The van der Waals surface area contributed by atoms with E-state index < -0.39 is 0 Å². The minimum Gasteiger partial charge on any atom is -0.342 e. The molecule has 2 aromatic heterocycles. The zero-order valence-corrected chi connectivity index (χ0v) is 18.6. The molecule has 1 aliphatic heterocycles. The molecule has 32 heavy (non-hydrogen) atoms. The summed E-state index contributed by atoms with van der Waals surface area (Å²) in [6, 6.07) is 17.5. The van der Waals surface area contributed by atoms with E-state index in [-0.39, 0.29) is 17.8 Å². The first-order chi connectivity index (χ1) is 15.5. The number of aryl methyl sites for hydroxylation is 2. The molecule has 1 aliphatic rings. The molecule has 8 heteroatoms. The smallest absolute Gasteiger partial charge is 0.332 e. The molecule has 3 heterocycles. The first-order valence-electron chi connectivity index (χ1n) is 10.8. The van der Waals surface area contributed by atoms with Crippen molar-refractivity contribution in [1.29, 1.82) is 0 Å². The van der Waals surface area contributed by atoms with Crippen molar-refractivity contribution < 1.29 is 0 Å². The summed E-state index contributed by atoms with van der Waals surface area (Å²) in [5, 5.41) is 0.573. The monoisotopic (exact) mass is 449 g/mol. The van der Waals surface area contributed by atoms with Crippen LogP contribution in [0.2, 0.25) is 5.02 Å². The Bertz CT molecular complexity index is 1400. The number of benzene rings is 2. The summed E-state index contributed by atoms with van der Waals surface area (Å²) >= 11 is 6.09. The van der Waals surface area contributed by atoms with Crippen molar-refractivity contribution in [3.8, 4) is 0 Å². The predicted molar refractivity (Wildman–Crippen MR) is 127 cm³/mol. The van der Waals surface area contributed by atoms with Gasteiger partial charge >= 0.3 is 5.69 Å². The lowest BCUT2D eigenvalue weighted by molar-refractivity contribution is 0.562. The minimum atomic E-state index is -0.381. The largest absolute Gasteiger partial charge is 0.342 e. The number of hydrogen-bond donors (Lipinski definition) is 0. The van der Waals surface area contributed by atoms with Crippen LogP contribution in [0.3, 0.4) is 0 Å². The minimum absolute atomic E-state index is 0.167. The molecule has 0 radical (unpaired) electrons. The van der Waals surface area contributed by atoms with Crippen LogP contribution >= 0.6 is 11.6 Å². The summed E-state index contributed by atoms with van der Waals surface area (Å²) in [6.45, 7) is 2.55. The van der Waals surface area contributed by atoms with E-state index in [0.29, 0.717) is 22.7 Å². The second-order valence-electron chi connectivity index (χ2n) is 8.17. The van der Waals surface area contributed by atoms with Crippen molar-refractivity contribution in [2.75, 3.05) is 18.0 Å². The summed E-state index contributed by atoms with van der Waals surface area (Å²) in [6.07, 6.45) is 1.81. The number of nitrogens with zero attached hydrogens (tertiary/aromatic N) is 5. The summed E-state index contributed by atoms with van der Waals surface area (Å²) in [4.78, 5) is 33.4. The van der Waals surface area contributed by atoms with Gasteiger partial charge in [-0.2, -0.15) is 4.98 Å². The first-order valence-corrected chi connectivity index (χ1v) is 11.1. The molecule has 0 saturated heterocycles. The van der Waals surface area contributed by atoms with Crippen LogP contribution in [0.15, 0.2) is 64.2 Å². The van der Waals surface area contributed by atoms with Crippen LogP contribution < -0.4 is 16.1 Å². The molecule has 0 amide bonds. The van der Waals surface area contributed by atoms with E-state index in [0.717, 1.165) is 37.4 Å². The molecular weight excluding hydrogens is 426 g/mol. The molecule has 5 rings (SSSR count). The number of anilines is 1. The average Bonchev–Trinajstić information content (AvgIpc) is 3.20. The van der Waals surface area contributed by atoms with E-state index in [4.69, 9.17) is 16.6 Å². The zero-order chi connectivity index (χ0) is 22.2. The van der Waals surface area contributed by atoms with Gasteiger partial charge in [0.15, 0.2) is 11.2 Å². The Morgan fingerprint density at radius 1 is 1.00 bits per heavy atom. The van der Waals surface area contributed by atoms with Crippen LogP contribution in [0.1, 0.15) is 17.5 Å². The quantitative estimate of drug-likeness (QED) is 0.469. The highest BCUT2D eigenvalue weighted by Crippen LogP contribution is 2.24. The Kier molecular flexibility index (Phi) is 5.35. The molecule has 7 nitrogen and oxygen atoms in total. The van der Waals surface area contributed by atoms with Gasteiger partial charge in [-0.3, -0.25) is 13.9 Å². The SMILES string of the molecule is Cn1c(=O)n(Cc2cccc(Cl)c2)c(=O)c2c1nc1n2CCCN1CCc1ccccc1. The fourth-order valence-electron chi connectivity index (χ4n) is 4.41. The van der Waals surface area contributed by atoms with Gasteiger partial charge in [0.2, 0.25) is 5.95 Å². The molecule has 0 fully saturated rings. The van der Waals surface area contributed by atoms with Crippen LogP contribution in [-0.4, -0.2) is 31.8 Å². The fourth-order valence-corrected chi connectivity index (χ4v) is 4.62. The lowest BCUT2D eigenvalue weighted by Crippen LogP contribution is -2.40. The molecule has 0 N–H and O–H groups in total. The molecule has 0 atom stereocenters. The van der Waals surface area contributed by atoms with Crippen molar-refractivity contribution in [3.05, 3.63) is 91.6 Å². The molecule has 0 bridgehead atoms. The third kappa shape index (κ3) is 3.62. The molecule has 0 aliphatic carbocycles. The lowest BCUT2D eigenvalue weighted by Gasteiger charge is -2.29. The van der Waals surface area contributed by atoms with Gasteiger partial charge in [0.1, 0.15) is 0 Å². The van der Waals surface area contributed by atoms with Crippen LogP contribution in [0.25, 0.3) is 11.2 Å². The van der Waals surface area contributed by atoms with E-state index >= 15 is 0 Å². The number of imidazole rings is 1. The van der Waals surface area contributed by atoms with Gasteiger partial charge in [-0.25, -0.2) is 4.79 Å². The maximum absolute atomic E-state index is 13.4. The molecule has 164 valence electrons.